The molecule has 2 N–H and O–H groups in total. The van der Waals surface area contributed by atoms with Crippen molar-refractivity contribution < 1.29 is 18.3 Å². The van der Waals surface area contributed by atoms with Crippen molar-refractivity contribution in [2.75, 3.05) is 26.0 Å². The maximum atomic E-state index is 11.9. The molecule has 0 radical (unpaired) electrons. The van der Waals surface area contributed by atoms with Gasteiger partial charge in [0, 0.05) is 18.6 Å². The number of aliphatic hydroxyl groups is 1. The van der Waals surface area contributed by atoms with Crippen molar-refractivity contribution in [1.29, 1.82) is 0 Å². The van der Waals surface area contributed by atoms with Gasteiger partial charge in [-0.05, 0) is 37.0 Å². The topological polar surface area (TPSA) is 75.6 Å². The van der Waals surface area contributed by atoms with E-state index in [4.69, 9.17) is 9.84 Å². The van der Waals surface area contributed by atoms with E-state index < -0.39 is 10.0 Å². The Morgan fingerprint density at radius 1 is 1.30 bits per heavy atom. The van der Waals surface area contributed by atoms with Gasteiger partial charge in [0.2, 0.25) is 10.0 Å². The predicted molar refractivity (Wildman–Crippen MR) is 77.2 cm³/mol. The summed E-state index contributed by atoms with van der Waals surface area (Å²) in [5.74, 6) is 0.814. The van der Waals surface area contributed by atoms with E-state index in [-0.39, 0.29) is 17.8 Å². The molecule has 0 bridgehead atoms. The Labute approximate surface area is 120 Å². The Bertz CT molecular complexity index is 535. The first kappa shape index (κ1) is 15.3. The van der Waals surface area contributed by atoms with Crippen LogP contribution in [-0.2, 0) is 16.4 Å². The van der Waals surface area contributed by atoms with Crippen LogP contribution in [0.25, 0.3) is 0 Å². The van der Waals surface area contributed by atoms with E-state index in [9.17, 15) is 8.42 Å². The van der Waals surface area contributed by atoms with Crippen LogP contribution in [0.15, 0.2) is 24.3 Å². The van der Waals surface area contributed by atoms with Crippen LogP contribution in [0, 0.1) is 5.41 Å². The van der Waals surface area contributed by atoms with Gasteiger partial charge in [-0.1, -0.05) is 12.1 Å². The van der Waals surface area contributed by atoms with E-state index in [2.05, 4.69) is 4.72 Å². The molecule has 0 amide bonds. The Balaban J connectivity index is 1.82. The molecule has 2 rings (SSSR count). The number of ether oxygens (including phenoxy) is 1. The zero-order valence-electron chi connectivity index (χ0n) is 11.6. The van der Waals surface area contributed by atoms with Gasteiger partial charge in [-0.25, -0.2) is 13.1 Å². The standard InChI is InChI=1S/C14H21NO4S/c1-19-13-4-2-12(3-5-13)6-9-20(17,18)15-10-14(11-16)7-8-14/h2-5,15-16H,6-11H2,1H3. The summed E-state index contributed by atoms with van der Waals surface area (Å²) in [7, 11) is -1.70. The largest absolute Gasteiger partial charge is 0.497 e. The van der Waals surface area contributed by atoms with Crippen molar-refractivity contribution in [2.45, 2.75) is 19.3 Å². The van der Waals surface area contributed by atoms with E-state index in [1.807, 2.05) is 24.3 Å². The number of methoxy groups -OCH3 is 1. The number of benzene rings is 1. The zero-order valence-corrected chi connectivity index (χ0v) is 12.4. The third-order valence-electron chi connectivity index (χ3n) is 3.78. The van der Waals surface area contributed by atoms with Crippen molar-refractivity contribution in [3.05, 3.63) is 29.8 Å². The lowest BCUT2D eigenvalue weighted by Crippen LogP contribution is -2.34. The number of sulfonamides is 1. The van der Waals surface area contributed by atoms with Crippen LogP contribution < -0.4 is 9.46 Å². The second kappa shape index (κ2) is 6.11. The van der Waals surface area contributed by atoms with E-state index in [1.165, 1.54) is 0 Å². The van der Waals surface area contributed by atoms with Crippen molar-refractivity contribution in [3.63, 3.8) is 0 Å². The molecular formula is C14H21NO4S. The molecule has 0 aromatic heterocycles. The molecule has 112 valence electrons. The van der Waals surface area contributed by atoms with Gasteiger partial charge < -0.3 is 9.84 Å². The molecule has 0 unspecified atom stereocenters. The van der Waals surface area contributed by atoms with Crippen LogP contribution in [0.4, 0.5) is 0 Å². The van der Waals surface area contributed by atoms with E-state index >= 15 is 0 Å². The maximum Gasteiger partial charge on any atom is 0.211 e. The minimum atomic E-state index is -3.29. The second-order valence-electron chi connectivity index (χ2n) is 5.40. The summed E-state index contributed by atoms with van der Waals surface area (Å²) in [4.78, 5) is 0. The van der Waals surface area contributed by atoms with E-state index in [1.54, 1.807) is 7.11 Å². The maximum absolute atomic E-state index is 11.9. The van der Waals surface area contributed by atoms with Gasteiger partial charge in [0.1, 0.15) is 5.75 Å². The molecular weight excluding hydrogens is 278 g/mol. The van der Waals surface area contributed by atoms with Gasteiger partial charge in [-0.2, -0.15) is 0 Å². The summed E-state index contributed by atoms with van der Waals surface area (Å²) >= 11 is 0. The molecule has 0 saturated heterocycles. The number of hydrogen-bond donors (Lipinski definition) is 2. The average molecular weight is 299 g/mol. The predicted octanol–water partition coefficient (Wildman–Crippen LogP) is 0.930. The summed E-state index contributed by atoms with van der Waals surface area (Å²) in [5.41, 5.74) is 0.757. The fourth-order valence-corrected chi connectivity index (χ4v) is 3.12. The van der Waals surface area contributed by atoms with Crippen LogP contribution in [0.3, 0.4) is 0 Å². The van der Waals surface area contributed by atoms with Gasteiger partial charge in [0.25, 0.3) is 0 Å². The summed E-state index contributed by atoms with van der Waals surface area (Å²) in [5, 5.41) is 9.16. The first-order chi connectivity index (χ1) is 9.49. The third kappa shape index (κ3) is 4.19. The van der Waals surface area contributed by atoms with E-state index in [0.29, 0.717) is 13.0 Å². The van der Waals surface area contributed by atoms with Gasteiger partial charge >= 0.3 is 0 Å². The number of aryl methyl sites for hydroxylation is 1. The molecule has 5 nitrogen and oxygen atoms in total. The molecule has 1 fully saturated rings. The lowest BCUT2D eigenvalue weighted by molar-refractivity contribution is 0.213. The average Bonchev–Trinajstić information content (AvgIpc) is 3.25. The number of nitrogens with one attached hydrogen (secondary N) is 1. The molecule has 1 aromatic rings. The monoisotopic (exact) mass is 299 g/mol. The Kier molecular flexibility index (Phi) is 4.67. The molecule has 1 aromatic carbocycles. The van der Waals surface area contributed by atoms with Crippen LogP contribution in [-0.4, -0.2) is 39.5 Å². The molecule has 0 heterocycles. The summed E-state index contributed by atoms with van der Waals surface area (Å²) in [6, 6.07) is 7.37. The van der Waals surface area contributed by atoms with E-state index in [0.717, 1.165) is 24.2 Å². The van der Waals surface area contributed by atoms with Crippen LogP contribution in [0.1, 0.15) is 18.4 Å². The Morgan fingerprint density at radius 3 is 2.45 bits per heavy atom. The molecule has 0 spiro atoms. The van der Waals surface area contributed by atoms with Crippen molar-refractivity contribution in [2.24, 2.45) is 5.41 Å². The molecule has 0 atom stereocenters. The second-order valence-corrected chi connectivity index (χ2v) is 7.32. The van der Waals surface area contributed by atoms with Crippen molar-refractivity contribution >= 4 is 10.0 Å². The lowest BCUT2D eigenvalue weighted by Gasteiger charge is -2.13. The van der Waals surface area contributed by atoms with Gasteiger partial charge in [-0.3, -0.25) is 0 Å². The van der Waals surface area contributed by atoms with Crippen LogP contribution in [0.2, 0.25) is 0 Å². The summed E-state index contributed by atoms with van der Waals surface area (Å²) < 4.78 is 31.4. The first-order valence-electron chi connectivity index (χ1n) is 6.70. The number of hydrogen-bond acceptors (Lipinski definition) is 4. The quantitative estimate of drug-likeness (QED) is 0.749. The fourth-order valence-electron chi connectivity index (χ4n) is 1.95. The van der Waals surface area contributed by atoms with Gasteiger partial charge in [-0.15, -0.1) is 0 Å². The van der Waals surface area contributed by atoms with Crippen LogP contribution in [0.5, 0.6) is 5.75 Å². The lowest BCUT2D eigenvalue weighted by atomic mass is 10.1. The highest BCUT2D eigenvalue weighted by molar-refractivity contribution is 7.89. The third-order valence-corrected chi connectivity index (χ3v) is 5.10. The number of rotatable bonds is 8. The highest BCUT2D eigenvalue weighted by Crippen LogP contribution is 2.44. The highest BCUT2D eigenvalue weighted by Gasteiger charge is 2.42. The molecule has 1 aliphatic carbocycles. The Hall–Kier alpha value is -1.11. The summed E-state index contributed by atoms with van der Waals surface area (Å²) in [6.07, 6.45) is 2.25. The molecule has 6 heteroatoms. The molecule has 1 aliphatic rings. The van der Waals surface area contributed by atoms with Crippen molar-refractivity contribution in [3.8, 4) is 5.75 Å². The first-order valence-corrected chi connectivity index (χ1v) is 8.35. The normalized spacial score (nSPS) is 16.9. The molecule has 20 heavy (non-hydrogen) atoms. The summed E-state index contributed by atoms with van der Waals surface area (Å²) in [6.45, 7) is 0.391. The fraction of sp³-hybridized carbons (Fsp3) is 0.571. The minimum Gasteiger partial charge on any atom is -0.497 e. The van der Waals surface area contributed by atoms with Gasteiger partial charge in [0.15, 0.2) is 0 Å². The van der Waals surface area contributed by atoms with Crippen LogP contribution >= 0.6 is 0 Å². The molecule has 0 aliphatic heterocycles. The number of aliphatic hydroxyl groups excluding tert-OH is 1. The SMILES string of the molecule is COc1ccc(CCS(=O)(=O)NCC2(CO)CC2)cc1. The van der Waals surface area contributed by atoms with Gasteiger partial charge in [0.05, 0.1) is 12.9 Å². The molecule has 1 saturated carbocycles. The smallest absolute Gasteiger partial charge is 0.211 e. The zero-order chi connectivity index (χ0) is 14.6. The van der Waals surface area contributed by atoms with Crippen molar-refractivity contribution in [1.82, 2.24) is 4.72 Å². The minimum absolute atomic E-state index is 0.0496. The highest BCUT2D eigenvalue weighted by atomic mass is 32.2. The Morgan fingerprint density at radius 2 is 1.95 bits per heavy atom.